The van der Waals surface area contributed by atoms with E-state index in [1.165, 1.54) is 32.1 Å². The molecule has 0 amide bonds. The Balaban J connectivity index is 1.87. The zero-order valence-electron chi connectivity index (χ0n) is 10.1. The van der Waals surface area contributed by atoms with Gasteiger partial charge in [-0.2, -0.15) is 0 Å². The standard InChI is InChI=1S/C12H20ClN3/c1-9-4-3-5-11(8-9)6-7-16-10(2)14-15-12(16)13/h9,11H,3-8H2,1-2H3. The van der Waals surface area contributed by atoms with Crippen molar-refractivity contribution >= 4 is 11.6 Å². The molecule has 2 unspecified atom stereocenters. The Morgan fingerprint density at radius 1 is 1.38 bits per heavy atom. The first-order valence-corrected chi connectivity index (χ1v) is 6.60. The molecule has 0 bridgehead atoms. The molecule has 0 aliphatic heterocycles. The summed E-state index contributed by atoms with van der Waals surface area (Å²) in [6, 6.07) is 0. The van der Waals surface area contributed by atoms with Gasteiger partial charge in [-0.25, -0.2) is 0 Å². The number of nitrogens with zero attached hydrogens (tertiary/aromatic N) is 3. The van der Waals surface area contributed by atoms with E-state index in [-0.39, 0.29) is 0 Å². The summed E-state index contributed by atoms with van der Waals surface area (Å²) in [4.78, 5) is 0. The molecule has 0 saturated heterocycles. The summed E-state index contributed by atoms with van der Waals surface area (Å²) in [5, 5.41) is 8.38. The van der Waals surface area contributed by atoms with Gasteiger partial charge in [0.1, 0.15) is 5.82 Å². The lowest BCUT2D eigenvalue weighted by Gasteiger charge is -2.26. The fourth-order valence-corrected chi connectivity index (χ4v) is 2.99. The monoisotopic (exact) mass is 241 g/mol. The molecular weight excluding hydrogens is 222 g/mol. The highest BCUT2D eigenvalue weighted by Crippen LogP contribution is 2.31. The van der Waals surface area contributed by atoms with Crippen LogP contribution in [0, 0.1) is 18.8 Å². The number of hydrogen-bond donors (Lipinski definition) is 0. The van der Waals surface area contributed by atoms with E-state index < -0.39 is 0 Å². The predicted molar refractivity (Wildman–Crippen MR) is 65.5 cm³/mol. The summed E-state index contributed by atoms with van der Waals surface area (Å²) in [6.45, 7) is 5.29. The van der Waals surface area contributed by atoms with Crippen LogP contribution in [0.15, 0.2) is 0 Å². The zero-order chi connectivity index (χ0) is 11.5. The van der Waals surface area contributed by atoms with Crippen LogP contribution in [0.25, 0.3) is 0 Å². The van der Waals surface area contributed by atoms with Crippen molar-refractivity contribution in [1.29, 1.82) is 0 Å². The average molecular weight is 242 g/mol. The molecule has 1 aromatic heterocycles. The number of aryl methyl sites for hydroxylation is 1. The fraction of sp³-hybridized carbons (Fsp3) is 0.833. The maximum atomic E-state index is 5.98. The first kappa shape index (κ1) is 11.9. The summed E-state index contributed by atoms with van der Waals surface area (Å²) in [6.07, 6.45) is 6.76. The van der Waals surface area contributed by atoms with Gasteiger partial charge in [0.05, 0.1) is 0 Å². The summed E-state index contributed by atoms with van der Waals surface area (Å²) in [5.41, 5.74) is 0. The fourth-order valence-electron chi connectivity index (χ4n) is 2.74. The number of aromatic nitrogens is 3. The van der Waals surface area contributed by atoms with Gasteiger partial charge in [-0.15, -0.1) is 10.2 Å². The molecule has 4 heteroatoms. The minimum Gasteiger partial charge on any atom is -0.302 e. The van der Waals surface area contributed by atoms with Gasteiger partial charge < -0.3 is 4.57 Å². The Morgan fingerprint density at radius 2 is 2.19 bits per heavy atom. The second kappa shape index (κ2) is 5.17. The molecule has 16 heavy (non-hydrogen) atoms. The van der Waals surface area contributed by atoms with Gasteiger partial charge in [0.15, 0.2) is 0 Å². The molecule has 1 saturated carbocycles. The van der Waals surface area contributed by atoms with Crippen molar-refractivity contribution in [1.82, 2.24) is 14.8 Å². The minimum absolute atomic E-state index is 0.529. The lowest BCUT2D eigenvalue weighted by Crippen LogP contribution is -2.15. The van der Waals surface area contributed by atoms with Crippen molar-refractivity contribution in [3.05, 3.63) is 11.1 Å². The maximum absolute atomic E-state index is 5.98. The van der Waals surface area contributed by atoms with Gasteiger partial charge in [-0.05, 0) is 43.2 Å². The quantitative estimate of drug-likeness (QED) is 0.812. The maximum Gasteiger partial charge on any atom is 0.225 e. The Bertz CT molecular complexity index is 329. The van der Waals surface area contributed by atoms with Crippen LogP contribution in [0.2, 0.25) is 5.28 Å². The van der Waals surface area contributed by atoms with Crippen LogP contribution in [0.3, 0.4) is 0 Å². The third-order valence-electron chi connectivity index (χ3n) is 3.70. The van der Waals surface area contributed by atoms with Gasteiger partial charge in [0.25, 0.3) is 0 Å². The molecule has 1 heterocycles. The lowest BCUT2D eigenvalue weighted by atomic mass is 9.81. The van der Waals surface area contributed by atoms with Crippen LogP contribution in [0.4, 0.5) is 0 Å². The van der Waals surface area contributed by atoms with E-state index in [4.69, 9.17) is 11.6 Å². The average Bonchev–Trinajstić information content (AvgIpc) is 2.56. The summed E-state index contributed by atoms with van der Waals surface area (Å²) in [5.74, 6) is 2.69. The largest absolute Gasteiger partial charge is 0.302 e. The second-order valence-electron chi connectivity index (χ2n) is 5.09. The van der Waals surface area contributed by atoms with Gasteiger partial charge in [0, 0.05) is 6.54 Å². The van der Waals surface area contributed by atoms with Crippen molar-refractivity contribution < 1.29 is 0 Å². The Labute approximate surface area is 102 Å². The molecule has 3 nitrogen and oxygen atoms in total. The Hall–Kier alpha value is -0.570. The zero-order valence-corrected chi connectivity index (χ0v) is 10.9. The van der Waals surface area contributed by atoms with E-state index in [1.807, 2.05) is 11.5 Å². The van der Waals surface area contributed by atoms with E-state index in [9.17, 15) is 0 Å². The number of halogens is 1. The summed E-state index contributed by atoms with van der Waals surface area (Å²) in [7, 11) is 0. The van der Waals surface area contributed by atoms with Crippen LogP contribution in [0.5, 0.6) is 0 Å². The van der Waals surface area contributed by atoms with E-state index >= 15 is 0 Å². The molecule has 1 aliphatic rings. The van der Waals surface area contributed by atoms with E-state index in [0.29, 0.717) is 5.28 Å². The molecule has 0 aromatic carbocycles. The summed E-state index contributed by atoms with van der Waals surface area (Å²) >= 11 is 5.98. The smallest absolute Gasteiger partial charge is 0.225 e. The predicted octanol–water partition coefficient (Wildman–Crippen LogP) is 3.46. The van der Waals surface area contributed by atoms with Crippen LogP contribution in [0.1, 0.15) is 44.9 Å². The highest BCUT2D eigenvalue weighted by atomic mass is 35.5. The highest BCUT2D eigenvalue weighted by molar-refractivity contribution is 6.28. The molecule has 2 rings (SSSR count). The first-order chi connectivity index (χ1) is 7.66. The van der Waals surface area contributed by atoms with Crippen LogP contribution >= 0.6 is 11.6 Å². The van der Waals surface area contributed by atoms with Crippen LogP contribution in [-0.4, -0.2) is 14.8 Å². The molecular formula is C12H20ClN3. The van der Waals surface area contributed by atoms with Gasteiger partial charge in [-0.1, -0.05) is 26.2 Å². The SMILES string of the molecule is Cc1nnc(Cl)n1CCC1CCCC(C)C1. The van der Waals surface area contributed by atoms with Crippen molar-refractivity contribution in [2.24, 2.45) is 11.8 Å². The normalized spacial score (nSPS) is 25.9. The van der Waals surface area contributed by atoms with Crippen molar-refractivity contribution in [2.75, 3.05) is 0 Å². The Kier molecular flexibility index (Phi) is 3.85. The van der Waals surface area contributed by atoms with Gasteiger partial charge >= 0.3 is 0 Å². The molecule has 0 N–H and O–H groups in total. The third kappa shape index (κ3) is 2.76. The molecule has 90 valence electrons. The van der Waals surface area contributed by atoms with Crippen LogP contribution < -0.4 is 0 Å². The highest BCUT2D eigenvalue weighted by Gasteiger charge is 2.19. The molecule has 1 fully saturated rings. The molecule has 0 spiro atoms. The topological polar surface area (TPSA) is 30.7 Å². The molecule has 1 aromatic rings. The van der Waals surface area contributed by atoms with E-state index in [2.05, 4.69) is 17.1 Å². The van der Waals surface area contributed by atoms with Crippen molar-refractivity contribution in [2.45, 2.75) is 52.5 Å². The lowest BCUT2D eigenvalue weighted by molar-refractivity contribution is 0.260. The van der Waals surface area contributed by atoms with Crippen molar-refractivity contribution in [3.63, 3.8) is 0 Å². The van der Waals surface area contributed by atoms with Crippen molar-refractivity contribution in [3.8, 4) is 0 Å². The third-order valence-corrected chi connectivity index (χ3v) is 3.98. The molecule has 0 radical (unpaired) electrons. The first-order valence-electron chi connectivity index (χ1n) is 6.22. The Morgan fingerprint density at radius 3 is 2.81 bits per heavy atom. The molecule has 2 atom stereocenters. The summed E-state index contributed by atoms with van der Waals surface area (Å²) < 4.78 is 2.01. The van der Waals surface area contributed by atoms with Crippen LogP contribution in [-0.2, 0) is 6.54 Å². The number of hydrogen-bond acceptors (Lipinski definition) is 2. The molecule has 1 aliphatic carbocycles. The minimum atomic E-state index is 0.529. The second-order valence-corrected chi connectivity index (χ2v) is 5.43. The number of rotatable bonds is 3. The van der Waals surface area contributed by atoms with E-state index in [1.54, 1.807) is 0 Å². The van der Waals surface area contributed by atoms with Gasteiger partial charge in [0.2, 0.25) is 5.28 Å². The van der Waals surface area contributed by atoms with E-state index in [0.717, 1.165) is 24.2 Å². The van der Waals surface area contributed by atoms with Gasteiger partial charge in [-0.3, -0.25) is 0 Å².